The van der Waals surface area contributed by atoms with Gasteiger partial charge >= 0.3 is 5.97 Å². The van der Waals surface area contributed by atoms with Crippen molar-refractivity contribution in [3.8, 4) is 12.3 Å². The van der Waals surface area contributed by atoms with E-state index in [1.807, 2.05) is 0 Å². The zero-order valence-corrected chi connectivity index (χ0v) is 6.62. The Morgan fingerprint density at radius 3 is 2.75 bits per heavy atom. The number of ether oxygens (including phenoxy) is 1. The Labute approximate surface area is 73.3 Å². The van der Waals surface area contributed by atoms with Gasteiger partial charge in [0, 0.05) is 6.42 Å². The third-order valence-electron chi connectivity index (χ3n) is 1.38. The molecule has 0 N–H and O–H groups in total. The molecule has 0 heterocycles. The maximum absolute atomic E-state index is 11.1. The summed E-state index contributed by atoms with van der Waals surface area (Å²) in [6.45, 7) is 0.292. The zero-order valence-electron chi connectivity index (χ0n) is 6.62. The Morgan fingerprint density at radius 2 is 2.17 bits per heavy atom. The minimum Gasteiger partial charge on any atom is -0.464 e. The van der Waals surface area contributed by atoms with E-state index in [1.165, 1.54) is 0 Å². The summed E-state index contributed by atoms with van der Waals surface area (Å²) in [7, 11) is 0. The van der Waals surface area contributed by atoms with Crippen LogP contribution in [0.15, 0.2) is 0 Å². The molecule has 5 radical (unpaired) electrons. The first kappa shape index (κ1) is 9.12. The number of hydrogen-bond donors (Lipinski definition) is 0. The quantitative estimate of drug-likeness (QED) is 0.350. The van der Waals surface area contributed by atoms with Gasteiger partial charge in [-0.05, 0) is 25.7 Å². The molecule has 12 heavy (non-hydrogen) atoms. The summed E-state index contributed by atoms with van der Waals surface area (Å²) < 4.78 is 4.85. The van der Waals surface area contributed by atoms with Crippen LogP contribution in [0.3, 0.4) is 0 Å². The van der Waals surface area contributed by atoms with E-state index >= 15 is 0 Å². The second-order valence-corrected chi connectivity index (χ2v) is 2.26. The maximum Gasteiger partial charge on any atom is 0.313 e. The van der Waals surface area contributed by atoms with Gasteiger partial charge in [-0.3, -0.25) is 4.79 Å². The van der Waals surface area contributed by atoms with Crippen molar-refractivity contribution in [1.82, 2.24) is 0 Å². The summed E-state index contributed by atoms with van der Waals surface area (Å²) in [4.78, 5) is 11.1. The summed E-state index contributed by atoms with van der Waals surface area (Å²) in [5.74, 6) is 2.66. The fourth-order valence-electron chi connectivity index (χ4n) is 0.796. The SMILES string of the molecule is C#CCCOC(=O)[C]1[CH][CH][CH][CH]1. The molecule has 61 valence electrons. The Bertz CT molecular complexity index is 185. The normalized spacial score (nSPS) is 17.2. The van der Waals surface area contributed by atoms with Crippen LogP contribution in [0.4, 0.5) is 0 Å². The lowest BCUT2D eigenvalue weighted by molar-refractivity contribution is -0.140. The average Bonchev–Trinajstić information content (AvgIpc) is 2.56. The van der Waals surface area contributed by atoms with E-state index in [9.17, 15) is 4.79 Å². The van der Waals surface area contributed by atoms with Crippen LogP contribution in [0, 0.1) is 43.9 Å². The number of carbonyl (C=O) groups excluding carboxylic acids is 1. The van der Waals surface area contributed by atoms with Crippen LogP contribution >= 0.6 is 0 Å². The predicted molar refractivity (Wildman–Crippen MR) is 44.9 cm³/mol. The van der Waals surface area contributed by atoms with Crippen molar-refractivity contribution in [1.29, 1.82) is 0 Å². The molecule has 0 aromatic carbocycles. The minimum atomic E-state index is -0.310. The van der Waals surface area contributed by atoms with Crippen molar-refractivity contribution < 1.29 is 9.53 Å². The van der Waals surface area contributed by atoms with Gasteiger partial charge in [-0.1, -0.05) is 0 Å². The van der Waals surface area contributed by atoms with Crippen LogP contribution < -0.4 is 0 Å². The van der Waals surface area contributed by atoms with Gasteiger partial charge in [-0.15, -0.1) is 12.3 Å². The van der Waals surface area contributed by atoms with E-state index in [0.717, 1.165) is 0 Å². The van der Waals surface area contributed by atoms with Gasteiger partial charge in [0.1, 0.15) is 6.61 Å². The van der Waals surface area contributed by atoms with Crippen LogP contribution in [0.1, 0.15) is 6.42 Å². The van der Waals surface area contributed by atoms with Crippen LogP contribution in [0.5, 0.6) is 0 Å². The van der Waals surface area contributed by atoms with E-state index < -0.39 is 0 Å². The van der Waals surface area contributed by atoms with E-state index in [1.54, 1.807) is 25.7 Å². The lowest BCUT2D eigenvalue weighted by atomic mass is 10.1. The Hall–Kier alpha value is -0.970. The van der Waals surface area contributed by atoms with Gasteiger partial charge in [-0.2, -0.15) is 0 Å². The van der Waals surface area contributed by atoms with E-state index in [0.29, 0.717) is 18.9 Å². The van der Waals surface area contributed by atoms with Crippen molar-refractivity contribution >= 4 is 5.97 Å². The van der Waals surface area contributed by atoms with Gasteiger partial charge in [0.25, 0.3) is 0 Å². The van der Waals surface area contributed by atoms with Gasteiger partial charge in [0.15, 0.2) is 0 Å². The van der Waals surface area contributed by atoms with Crippen molar-refractivity contribution in [2.24, 2.45) is 0 Å². The fourth-order valence-corrected chi connectivity index (χ4v) is 0.796. The van der Waals surface area contributed by atoms with E-state index in [-0.39, 0.29) is 5.97 Å². The van der Waals surface area contributed by atoms with E-state index in [4.69, 9.17) is 11.2 Å². The molecule has 1 aliphatic carbocycles. The molecule has 2 heteroatoms. The molecule has 0 atom stereocenters. The van der Waals surface area contributed by atoms with Gasteiger partial charge in [0.2, 0.25) is 0 Å². The number of hydrogen-bond acceptors (Lipinski definition) is 2. The van der Waals surface area contributed by atoms with Gasteiger partial charge in [0.05, 0.1) is 5.92 Å². The molecule has 1 rings (SSSR count). The summed E-state index contributed by atoms with van der Waals surface area (Å²) >= 11 is 0. The van der Waals surface area contributed by atoms with Crippen LogP contribution in [0.25, 0.3) is 0 Å². The standard InChI is InChI=1S/C10H9O2/c1-2-3-8-12-10(11)9-6-4-5-7-9/h1,4-7H,3,8H2. The molecule has 1 saturated carbocycles. The molecular formula is C10H9O2. The molecule has 2 nitrogen and oxygen atoms in total. The topological polar surface area (TPSA) is 26.3 Å². The molecule has 0 aliphatic heterocycles. The maximum atomic E-state index is 11.1. The van der Waals surface area contributed by atoms with Crippen molar-refractivity contribution in [2.45, 2.75) is 6.42 Å². The summed E-state index contributed by atoms with van der Waals surface area (Å²) in [5, 5.41) is 0. The highest BCUT2D eigenvalue weighted by atomic mass is 16.5. The first-order valence-electron chi connectivity index (χ1n) is 3.67. The molecule has 0 bridgehead atoms. The van der Waals surface area contributed by atoms with Crippen LogP contribution in [-0.4, -0.2) is 12.6 Å². The van der Waals surface area contributed by atoms with Gasteiger partial charge < -0.3 is 4.74 Å². The number of esters is 1. The summed E-state index contributed by atoms with van der Waals surface area (Å²) in [6, 6.07) is 0. The Kier molecular flexibility index (Phi) is 3.66. The Morgan fingerprint density at radius 1 is 1.50 bits per heavy atom. The first-order chi connectivity index (χ1) is 5.84. The highest BCUT2D eigenvalue weighted by molar-refractivity contribution is 5.91. The number of terminal acetylenes is 1. The second kappa shape index (κ2) is 4.82. The molecule has 0 saturated heterocycles. The fraction of sp³-hybridized carbons (Fsp3) is 0.200. The third kappa shape index (κ3) is 2.58. The largest absolute Gasteiger partial charge is 0.464 e. The predicted octanol–water partition coefficient (Wildman–Crippen LogP) is 0.958. The monoisotopic (exact) mass is 161 g/mol. The average molecular weight is 161 g/mol. The van der Waals surface area contributed by atoms with Crippen molar-refractivity contribution in [3.63, 3.8) is 0 Å². The zero-order chi connectivity index (χ0) is 8.81. The van der Waals surface area contributed by atoms with Crippen molar-refractivity contribution in [2.75, 3.05) is 6.61 Å². The molecule has 1 aliphatic rings. The number of rotatable bonds is 3. The number of carbonyl (C=O) groups is 1. The smallest absolute Gasteiger partial charge is 0.313 e. The first-order valence-corrected chi connectivity index (χ1v) is 3.67. The van der Waals surface area contributed by atoms with E-state index in [2.05, 4.69) is 5.92 Å². The molecular weight excluding hydrogens is 152 g/mol. The highest BCUT2D eigenvalue weighted by Gasteiger charge is 2.25. The summed E-state index contributed by atoms with van der Waals surface area (Å²) in [6.07, 6.45) is 12.4. The highest BCUT2D eigenvalue weighted by Crippen LogP contribution is 2.23. The molecule has 1 fully saturated rings. The Balaban J connectivity index is 2.15. The van der Waals surface area contributed by atoms with Gasteiger partial charge in [-0.25, -0.2) is 0 Å². The summed E-state index contributed by atoms with van der Waals surface area (Å²) in [5.41, 5.74) is 0. The lowest BCUT2D eigenvalue weighted by Crippen LogP contribution is -2.13. The molecule has 0 spiro atoms. The molecule has 0 amide bonds. The minimum absolute atomic E-state index is 0.292. The third-order valence-corrected chi connectivity index (χ3v) is 1.38. The lowest BCUT2D eigenvalue weighted by Gasteiger charge is -2.06. The van der Waals surface area contributed by atoms with Crippen molar-refractivity contribution in [3.05, 3.63) is 31.6 Å². The molecule has 0 aromatic heterocycles. The molecule has 0 unspecified atom stereocenters. The van der Waals surface area contributed by atoms with Crippen LogP contribution in [0.2, 0.25) is 0 Å². The van der Waals surface area contributed by atoms with Crippen LogP contribution in [-0.2, 0) is 9.53 Å². The second-order valence-electron chi connectivity index (χ2n) is 2.26. The molecule has 0 aromatic rings.